The van der Waals surface area contributed by atoms with Crippen LogP contribution in [0.3, 0.4) is 0 Å². The lowest BCUT2D eigenvalue weighted by molar-refractivity contribution is 0.929. The Morgan fingerprint density at radius 3 is 2.19 bits per heavy atom. The van der Waals surface area contributed by atoms with Crippen LogP contribution in [0.15, 0.2) is 54.9 Å². The second kappa shape index (κ2) is 4.26. The van der Waals surface area contributed by atoms with Crippen LogP contribution in [0.25, 0.3) is 27.5 Å². The summed E-state index contributed by atoms with van der Waals surface area (Å²) in [7, 11) is 2.09. The monoisotopic (exact) mass is 274 g/mol. The number of nitrogens with zero attached hydrogens (tertiary/aromatic N) is 2. The lowest BCUT2D eigenvalue weighted by atomic mass is 10.1. The Bertz CT molecular complexity index is 950. The number of aryl methyl sites for hydroxylation is 3. The van der Waals surface area contributed by atoms with Crippen molar-refractivity contribution < 1.29 is 0 Å². The van der Waals surface area contributed by atoms with E-state index in [0.717, 1.165) is 0 Å². The van der Waals surface area contributed by atoms with Crippen LogP contribution in [0.5, 0.6) is 0 Å². The molecule has 0 unspecified atom stereocenters. The zero-order chi connectivity index (χ0) is 14.6. The second-order valence-corrected chi connectivity index (χ2v) is 5.82. The van der Waals surface area contributed by atoms with Crippen molar-refractivity contribution in [3.05, 3.63) is 66.0 Å². The molecule has 0 atom stereocenters. The minimum absolute atomic E-state index is 1.27. The second-order valence-electron chi connectivity index (χ2n) is 5.82. The Kier molecular flexibility index (Phi) is 2.49. The van der Waals surface area contributed by atoms with E-state index in [1.165, 1.54) is 38.6 Å². The zero-order valence-electron chi connectivity index (χ0n) is 12.6. The van der Waals surface area contributed by atoms with Gasteiger partial charge in [0.15, 0.2) is 0 Å². The van der Waals surface area contributed by atoms with E-state index < -0.39 is 0 Å². The van der Waals surface area contributed by atoms with Crippen LogP contribution >= 0.6 is 0 Å². The molecular weight excluding hydrogens is 256 g/mol. The molecule has 2 aromatic carbocycles. The van der Waals surface area contributed by atoms with Crippen LogP contribution in [0.1, 0.15) is 11.1 Å². The third-order valence-corrected chi connectivity index (χ3v) is 4.27. The molecule has 0 saturated carbocycles. The topological polar surface area (TPSA) is 9.86 Å². The fourth-order valence-electron chi connectivity index (χ4n) is 3.38. The maximum absolute atomic E-state index is 2.40. The lowest BCUT2D eigenvalue weighted by Crippen LogP contribution is -1.99. The van der Waals surface area contributed by atoms with Crippen molar-refractivity contribution in [1.29, 1.82) is 0 Å². The predicted molar refractivity (Wildman–Crippen MR) is 89.2 cm³/mol. The van der Waals surface area contributed by atoms with Gasteiger partial charge in [0.1, 0.15) is 0 Å². The van der Waals surface area contributed by atoms with E-state index >= 15 is 0 Å². The van der Waals surface area contributed by atoms with Gasteiger partial charge in [0.25, 0.3) is 0 Å². The molecule has 4 rings (SSSR count). The highest BCUT2D eigenvalue weighted by Crippen LogP contribution is 2.34. The van der Waals surface area contributed by atoms with Gasteiger partial charge in [-0.15, -0.1) is 0 Å². The summed E-state index contributed by atoms with van der Waals surface area (Å²) in [4.78, 5) is 0. The minimum atomic E-state index is 1.27. The maximum atomic E-state index is 2.40. The summed E-state index contributed by atoms with van der Waals surface area (Å²) in [6.07, 6.45) is 4.42. The molecule has 0 aliphatic rings. The summed E-state index contributed by atoms with van der Waals surface area (Å²) < 4.78 is 4.54. The molecular formula is C19H18N2. The summed E-state index contributed by atoms with van der Waals surface area (Å²) in [6, 6.07) is 15.2. The van der Waals surface area contributed by atoms with Gasteiger partial charge < -0.3 is 9.13 Å². The SMILES string of the molecule is Cc1cccc(C)c1-n1c2ccccc2c2cn(C)cc21. The van der Waals surface area contributed by atoms with Crippen molar-refractivity contribution >= 4 is 21.8 Å². The summed E-state index contributed by atoms with van der Waals surface area (Å²) in [6.45, 7) is 4.37. The smallest absolute Gasteiger partial charge is 0.0717 e. The molecule has 0 radical (unpaired) electrons. The Labute approximate surface area is 124 Å². The van der Waals surface area contributed by atoms with E-state index in [9.17, 15) is 0 Å². The molecule has 0 saturated heterocycles. The van der Waals surface area contributed by atoms with E-state index in [2.05, 4.69) is 84.9 Å². The van der Waals surface area contributed by atoms with Crippen LogP contribution in [-0.4, -0.2) is 9.13 Å². The maximum Gasteiger partial charge on any atom is 0.0717 e. The number of aromatic nitrogens is 2. The number of para-hydroxylation sites is 2. The molecule has 0 bridgehead atoms. The van der Waals surface area contributed by atoms with Gasteiger partial charge >= 0.3 is 0 Å². The first-order chi connectivity index (χ1) is 10.2. The zero-order valence-corrected chi connectivity index (χ0v) is 12.6. The fourth-order valence-corrected chi connectivity index (χ4v) is 3.38. The van der Waals surface area contributed by atoms with E-state index in [-0.39, 0.29) is 0 Å². The van der Waals surface area contributed by atoms with Gasteiger partial charge in [-0.25, -0.2) is 0 Å². The molecule has 0 amide bonds. The highest BCUT2D eigenvalue weighted by molar-refractivity contribution is 6.09. The molecule has 0 N–H and O–H groups in total. The molecule has 4 aromatic rings. The molecule has 2 nitrogen and oxygen atoms in total. The van der Waals surface area contributed by atoms with E-state index in [1.807, 2.05) is 0 Å². The van der Waals surface area contributed by atoms with Crippen molar-refractivity contribution in [2.45, 2.75) is 13.8 Å². The van der Waals surface area contributed by atoms with Crippen molar-refractivity contribution in [3.8, 4) is 5.69 Å². The van der Waals surface area contributed by atoms with Gasteiger partial charge in [-0.1, -0.05) is 36.4 Å². The summed E-state index contributed by atoms with van der Waals surface area (Å²) in [5.74, 6) is 0. The van der Waals surface area contributed by atoms with E-state index in [1.54, 1.807) is 0 Å². The van der Waals surface area contributed by atoms with Crippen molar-refractivity contribution in [2.24, 2.45) is 7.05 Å². The standard InChI is InChI=1S/C19H18N2/c1-13-7-6-8-14(2)19(13)21-17-10-5-4-9-15(17)16-11-20(3)12-18(16)21/h4-12H,1-3H3. The molecule has 21 heavy (non-hydrogen) atoms. The van der Waals surface area contributed by atoms with Gasteiger partial charge in [0.05, 0.1) is 16.7 Å². The number of benzene rings is 2. The Morgan fingerprint density at radius 2 is 1.43 bits per heavy atom. The third-order valence-electron chi connectivity index (χ3n) is 4.27. The van der Waals surface area contributed by atoms with Gasteiger partial charge in [-0.2, -0.15) is 0 Å². The Balaban J connectivity index is 2.25. The van der Waals surface area contributed by atoms with Gasteiger partial charge in [-0.3, -0.25) is 0 Å². The largest absolute Gasteiger partial charge is 0.354 e. The van der Waals surface area contributed by atoms with Crippen molar-refractivity contribution in [1.82, 2.24) is 9.13 Å². The highest BCUT2D eigenvalue weighted by Gasteiger charge is 2.15. The number of rotatable bonds is 1. The van der Waals surface area contributed by atoms with Gasteiger partial charge in [0.2, 0.25) is 0 Å². The summed E-state index contributed by atoms with van der Waals surface area (Å²) >= 11 is 0. The molecule has 2 aromatic heterocycles. The molecule has 0 spiro atoms. The van der Waals surface area contributed by atoms with Gasteiger partial charge in [-0.05, 0) is 31.0 Å². The number of hydrogen-bond donors (Lipinski definition) is 0. The summed E-state index contributed by atoms with van der Waals surface area (Å²) in [5, 5.41) is 2.63. The number of fused-ring (bicyclic) bond motifs is 3. The molecule has 0 fully saturated rings. The van der Waals surface area contributed by atoms with Gasteiger partial charge in [0, 0.05) is 30.2 Å². The first kappa shape index (κ1) is 12.3. The summed E-state index contributed by atoms with van der Waals surface area (Å²) in [5.41, 5.74) is 6.47. The van der Waals surface area contributed by atoms with E-state index in [0.29, 0.717) is 0 Å². The van der Waals surface area contributed by atoms with Crippen LogP contribution in [-0.2, 0) is 7.05 Å². The Hall–Kier alpha value is -2.48. The average molecular weight is 274 g/mol. The first-order valence-electron chi connectivity index (χ1n) is 7.28. The van der Waals surface area contributed by atoms with Crippen LogP contribution in [0.2, 0.25) is 0 Å². The third kappa shape index (κ3) is 1.65. The molecule has 0 aliphatic carbocycles. The predicted octanol–water partition coefficient (Wildman–Crippen LogP) is 4.74. The number of hydrogen-bond acceptors (Lipinski definition) is 0. The quantitative estimate of drug-likeness (QED) is 0.474. The van der Waals surface area contributed by atoms with Crippen LogP contribution in [0, 0.1) is 13.8 Å². The van der Waals surface area contributed by atoms with Crippen LogP contribution < -0.4 is 0 Å². The molecule has 2 heterocycles. The van der Waals surface area contributed by atoms with Crippen molar-refractivity contribution in [2.75, 3.05) is 0 Å². The molecule has 0 aliphatic heterocycles. The van der Waals surface area contributed by atoms with Crippen molar-refractivity contribution in [3.63, 3.8) is 0 Å². The highest BCUT2D eigenvalue weighted by atomic mass is 15.0. The van der Waals surface area contributed by atoms with E-state index in [4.69, 9.17) is 0 Å². The Morgan fingerprint density at radius 1 is 0.714 bits per heavy atom. The molecule has 104 valence electrons. The fraction of sp³-hybridized carbons (Fsp3) is 0.158. The average Bonchev–Trinajstić information content (AvgIpc) is 2.96. The van der Waals surface area contributed by atoms with Crippen LogP contribution in [0.4, 0.5) is 0 Å². The minimum Gasteiger partial charge on any atom is -0.354 e. The first-order valence-corrected chi connectivity index (χ1v) is 7.28. The lowest BCUT2D eigenvalue weighted by Gasteiger charge is -2.13. The normalized spacial score (nSPS) is 11.6. The molecule has 2 heteroatoms.